The monoisotopic (exact) mass is 400 g/mol. The van der Waals surface area contributed by atoms with Gasteiger partial charge in [0.1, 0.15) is 5.82 Å². The molecule has 1 aliphatic rings. The third kappa shape index (κ3) is 4.50. The number of amides is 1. The molecule has 4 rings (SSSR count). The predicted octanol–water partition coefficient (Wildman–Crippen LogP) is 5.32. The maximum absolute atomic E-state index is 13.0. The Morgan fingerprint density at radius 3 is 2.85 bits per heavy atom. The molecule has 0 N–H and O–H groups in total. The van der Waals surface area contributed by atoms with Gasteiger partial charge in [0, 0.05) is 36.1 Å². The van der Waals surface area contributed by atoms with E-state index in [-0.39, 0.29) is 11.7 Å². The quantitative estimate of drug-likeness (QED) is 0.543. The molecule has 0 spiro atoms. The lowest BCUT2D eigenvalue weighted by Gasteiger charge is -2.32. The molecule has 1 aromatic heterocycles. The van der Waals surface area contributed by atoms with Gasteiger partial charge in [-0.3, -0.25) is 4.79 Å². The Morgan fingerprint density at radius 2 is 2.04 bits per heavy atom. The molecule has 2 heterocycles. The Bertz CT molecular complexity index is 892. The van der Waals surface area contributed by atoms with Crippen LogP contribution in [0.25, 0.3) is 10.2 Å². The fourth-order valence-corrected chi connectivity index (χ4v) is 5.35. The Labute approximate surface area is 166 Å². The highest BCUT2D eigenvalue weighted by Crippen LogP contribution is 2.33. The van der Waals surface area contributed by atoms with Crippen LogP contribution < -0.4 is 0 Å². The standard InChI is InChI=1S/C21H21FN2OS2/c22-16-7-9-17(10-8-16)26-13-11-20(25)24-12-3-4-15(14-24)21-23-18-5-1-2-6-19(18)27-21/h1-2,5-10,15H,3-4,11-14H2/t15-/m1/s1. The molecule has 1 atom stereocenters. The molecule has 1 amide bonds. The molecule has 1 saturated heterocycles. The van der Waals surface area contributed by atoms with Gasteiger partial charge in [-0.2, -0.15) is 0 Å². The van der Waals surface area contributed by atoms with E-state index in [9.17, 15) is 9.18 Å². The first kappa shape index (κ1) is 18.4. The van der Waals surface area contributed by atoms with Crippen LogP contribution in [-0.4, -0.2) is 34.6 Å². The molecule has 0 saturated carbocycles. The highest BCUT2D eigenvalue weighted by atomic mass is 32.2. The number of thioether (sulfide) groups is 1. The molecule has 0 unspecified atom stereocenters. The van der Waals surface area contributed by atoms with Crippen molar-refractivity contribution in [3.63, 3.8) is 0 Å². The molecule has 140 valence electrons. The van der Waals surface area contributed by atoms with Gasteiger partial charge < -0.3 is 4.90 Å². The van der Waals surface area contributed by atoms with Crippen molar-refractivity contribution in [1.29, 1.82) is 0 Å². The van der Waals surface area contributed by atoms with Gasteiger partial charge in [0.15, 0.2) is 0 Å². The van der Waals surface area contributed by atoms with Crippen LogP contribution in [0.3, 0.4) is 0 Å². The normalized spacial score (nSPS) is 17.4. The first-order valence-corrected chi connectivity index (χ1v) is 11.0. The van der Waals surface area contributed by atoms with E-state index in [1.807, 2.05) is 23.1 Å². The SMILES string of the molecule is O=C(CCSc1ccc(F)cc1)N1CCC[C@@H](c2nc3ccccc3s2)C1. The summed E-state index contributed by atoms with van der Waals surface area (Å²) >= 11 is 3.35. The molecule has 6 heteroatoms. The van der Waals surface area contributed by atoms with E-state index in [0.717, 1.165) is 41.4 Å². The molecular weight excluding hydrogens is 379 g/mol. The molecule has 0 bridgehead atoms. The van der Waals surface area contributed by atoms with Crippen molar-refractivity contribution in [3.8, 4) is 0 Å². The summed E-state index contributed by atoms with van der Waals surface area (Å²) in [6, 6.07) is 14.6. The maximum atomic E-state index is 13.0. The smallest absolute Gasteiger partial charge is 0.223 e. The number of aromatic nitrogens is 1. The van der Waals surface area contributed by atoms with Gasteiger partial charge in [-0.25, -0.2) is 9.37 Å². The van der Waals surface area contributed by atoms with Crippen LogP contribution in [0.5, 0.6) is 0 Å². The lowest BCUT2D eigenvalue weighted by Crippen LogP contribution is -2.39. The summed E-state index contributed by atoms with van der Waals surface area (Å²) in [4.78, 5) is 20.4. The molecular formula is C21H21FN2OS2. The minimum Gasteiger partial charge on any atom is -0.342 e. The molecule has 1 aliphatic heterocycles. The largest absolute Gasteiger partial charge is 0.342 e. The number of likely N-dealkylation sites (tertiary alicyclic amines) is 1. The Morgan fingerprint density at radius 1 is 1.22 bits per heavy atom. The van der Waals surface area contributed by atoms with Gasteiger partial charge in [0.2, 0.25) is 5.91 Å². The lowest BCUT2D eigenvalue weighted by atomic mass is 9.98. The van der Waals surface area contributed by atoms with E-state index in [1.165, 1.54) is 16.8 Å². The van der Waals surface area contributed by atoms with Crippen LogP contribution >= 0.6 is 23.1 Å². The van der Waals surface area contributed by atoms with E-state index in [2.05, 4.69) is 6.07 Å². The molecule has 3 aromatic rings. The van der Waals surface area contributed by atoms with Gasteiger partial charge in [0.05, 0.1) is 15.2 Å². The summed E-state index contributed by atoms with van der Waals surface area (Å²) in [5.41, 5.74) is 1.05. The van der Waals surface area contributed by atoms with Crippen molar-refractivity contribution in [2.45, 2.75) is 30.1 Å². The Balaban J connectivity index is 1.33. The number of hydrogen-bond acceptors (Lipinski definition) is 4. The van der Waals surface area contributed by atoms with Crippen molar-refractivity contribution in [1.82, 2.24) is 9.88 Å². The molecule has 3 nitrogen and oxygen atoms in total. The number of para-hydroxylation sites is 1. The van der Waals surface area contributed by atoms with Crippen molar-refractivity contribution < 1.29 is 9.18 Å². The maximum Gasteiger partial charge on any atom is 0.223 e. The van der Waals surface area contributed by atoms with Gasteiger partial charge >= 0.3 is 0 Å². The van der Waals surface area contributed by atoms with Crippen molar-refractivity contribution in [3.05, 3.63) is 59.4 Å². The number of carbonyl (C=O) groups is 1. The average Bonchev–Trinajstić information content (AvgIpc) is 3.14. The van der Waals surface area contributed by atoms with Gasteiger partial charge in [0.25, 0.3) is 0 Å². The number of halogens is 1. The Hall–Kier alpha value is -1.92. The van der Waals surface area contributed by atoms with Crippen LogP contribution in [-0.2, 0) is 4.79 Å². The van der Waals surface area contributed by atoms with Crippen LogP contribution in [0.15, 0.2) is 53.4 Å². The molecule has 0 radical (unpaired) electrons. The molecule has 1 fully saturated rings. The van der Waals surface area contributed by atoms with Crippen LogP contribution in [0, 0.1) is 5.82 Å². The fraction of sp³-hybridized carbons (Fsp3) is 0.333. The minimum absolute atomic E-state index is 0.204. The fourth-order valence-electron chi connectivity index (χ4n) is 3.42. The third-order valence-corrected chi connectivity index (χ3v) is 7.04. The molecule has 2 aromatic carbocycles. The average molecular weight is 401 g/mol. The van der Waals surface area contributed by atoms with Crippen molar-refractivity contribution in [2.75, 3.05) is 18.8 Å². The highest BCUT2D eigenvalue weighted by molar-refractivity contribution is 7.99. The van der Waals surface area contributed by atoms with Crippen LogP contribution in [0.4, 0.5) is 4.39 Å². The minimum atomic E-state index is -0.232. The highest BCUT2D eigenvalue weighted by Gasteiger charge is 2.26. The summed E-state index contributed by atoms with van der Waals surface area (Å²) < 4.78 is 14.2. The number of rotatable bonds is 5. The second-order valence-electron chi connectivity index (χ2n) is 6.75. The van der Waals surface area contributed by atoms with E-state index >= 15 is 0 Å². The summed E-state index contributed by atoms with van der Waals surface area (Å²) in [6.45, 7) is 1.60. The zero-order valence-electron chi connectivity index (χ0n) is 14.9. The van der Waals surface area contributed by atoms with Gasteiger partial charge in [-0.05, 0) is 49.2 Å². The van der Waals surface area contributed by atoms with Gasteiger partial charge in [-0.1, -0.05) is 12.1 Å². The topological polar surface area (TPSA) is 33.2 Å². The number of hydrogen-bond donors (Lipinski definition) is 0. The van der Waals surface area contributed by atoms with E-state index in [4.69, 9.17) is 4.98 Å². The zero-order valence-corrected chi connectivity index (χ0v) is 16.6. The zero-order chi connectivity index (χ0) is 18.6. The first-order valence-electron chi connectivity index (χ1n) is 9.20. The summed E-state index contributed by atoms with van der Waals surface area (Å²) in [6.07, 6.45) is 2.62. The number of thiazole rings is 1. The van der Waals surface area contributed by atoms with Crippen molar-refractivity contribution in [2.24, 2.45) is 0 Å². The van der Waals surface area contributed by atoms with Crippen molar-refractivity contribution >= 4 is 39.2 Å². The van der Waals surface area contributed by atoms with E-state index in [1.54, 1.807) is 35.2 Å². The molecule has 0 aliphatic carbocycles. The number of carbonyl (C=O) groups excluding carboxylic acids is 1. The van der Waals surface area contributed by atoms with E-state index < -0.39 is 0 Å². The van der Waals surface area contributed by atoms with Crippen LogP contribution in [0.1, 0.15) is 30.2 Å². The summed E-state index contributed by atoms with van der Waals surface area (Å²) in [7, 11) is 0. The second kappa shape index (κ2) is 8.40. The number of nitrogens with zero attached hydrogens (tertiary/aromatic N) is 2. The van der Waals surface area contributed by atoms with Crippen LogP contribution in [0.2, 0.25) is 0 Å². The first-order chi connectivity index (χ1) is 13.2. The Kier molecular flexibility index (Phi) is 5.74. The lowest BCUT2D eigenvalue weighted by molar-refractivity contribution is -0.131. The number of piperidine rings is 1. The molecule has 27 heavy (non-hydrogen) atoms. The summed E-state index contributed by atoms with van der Waals surface area (Å²) in [5, 5.41) is 1.15. The summed E-state index contributed by atoms with van der Waals surface area (Å²) in [5.74, 6) is 1.03. The number of benzene rings is 2. The third-order valence-electron chi connectivity index (χ3n) is 4.83. The van der Waals surface area contributed by atoms with Gasteiger partial charge in [-0.15, -0.1) is 23.1 Å². The second-order valence-corrected chi connectivity index (χ2v) is 8.98. The number of fused-ring (bicyclic) bond motifs is 1. The van der Waals surface area contributed by atoms with E-state index in [0.29, 0.717) is 18.1 Å². The predicted molar refractivity (Wildman–Crippen MR) is 110 cm³/mol.